The fraction of sp³-hybridized carbons (Fsp3) is 0.750. The summed E-state index contributed by atoms with van der Waals surface area (Å²) in [5, 5.41) is 8.67. The lowest BCUT2D eigenvalue weighted by molar-refractivity contribution is -0.298. The van der Waals surface area contributed by atoms with Crippen LogP contribution in [-0.2, 0) is 15.7 Å². The number of carboxylic acid groups (broad SMARTS) is 1. The molecule has 0 atom stereocenters. The van der Waals surface area contributed by atoms with Crippen molar-refractivity contribution in [3.05, 3.63) is 6.92 Å². The zero-order valence-corrected chi connectivity index (χ0v) is 7.65. The van der Waals surface area contributed by atoms with Crippen LogP contribution < -0.4 is 5.11 Å². The van der Waals surface area contributed by atoms with Crippen molar-refractivity contribution in [2.75, 3.05) is 17.3 Å². The molecular weight excluding hydrogens is 160 g/mol. The van der Waals surface area contributed by atoms with Crippen LogP contribution in [0.5, 0.6) is 0 Å². The molecule has 0 aromatic carbocycles. The largest absolute Gasteiger partial charge is 0.550 e. The molecule has 1 aliphatic heterocycles. The summed E-state index contributed by atoms with van der Waals surface area (Å²) in [5.41, 5.74) is 0. The number of aliphatic carboxylic acids is 1. The molecule has 1 saturated heterocycles. The van der Waals surface area contributed by atoms with Crippen LogP contribution in [0.25, 0.3) is 0 Å². The van der Waals surface area contributed by atoms with Gasteiger partial charge in [0.25, 0.3) is 0 Å². The molecule has 0 aromatic heterocycles. The van der Waals surface area contributed by atoms with Gasteiger partial charge in [-0.3, -0.25) is 0 Å². The number of hydrogen-bond acceptors (Lipinski definition) is 2. The summed E-state index contributed by atoms with van der Waals surface area (Å²) in [4.78, 5) is 8.67. The van der Waals surface area contributed by atoms with Gasteiger partial charge >= 0.3 is 0 Å². The Hall–Kier alpha value is -0.180. The van der Waals surface area contributed by atoms with Crippen LogP contribution in [0.4, 0.5) is 0 Å². The first-order chi connectivity index (χ1) is 5.16. The van der Waals surface area contributed by atoms with Crippen LogP contribution in [0.15, 0.2) is 0 Å². The van der Waals surface area contributed by atoms with Gasteiger partial charge in [0.1, 0.15) is 17.3 Å². The van der Waals surface area contributed by atoms with Gasteiger partial charge in [-0.25, -0.2) is 0 Å². The lowest BCUT2D eigenvalue weighted by Crippen LogP contribution is -2.16. The van der Waals surface area contributed by atoms with Gasteiger partial charge in [-0.05, 0) is 30.7 Å². The zero-order valence-electron chi connectivity index (χ0n) is 6.84. The maximum Gasteiger partial charge on any atom is 0.108 e. The van der Waals surface area contributed by atoms with E-state index in [1.165, 1.54) is 30.1 Å². The normalized spacial score (nSPS) is 17.3. The second-order valence-electron chi connectivity index (χ2n) is 2.34. The third kappa shape index (κ3) is 7.72. The standard InChI is InChI=1S/C6H13S.C2H2O2/c1-2-7-5-3-4-6-7;1-2(3)4/h2-6H2,1H3;1H,(H,3,4)/q+1;/p-1. The molecule has 1 aliphatic rings. The van der Waals surface area contributed by atoms with E-state index in [1.807, 2.05) is 0 Å². The summed E-state index contributed by atoms with van der Waals surface area (Å²) in [6, 6.07) is 0. The molecule has 0 spiro atoms. The summed E-state index contributed by atoms with van der Waals surface area (Å²) in [5.74, 6) is 2.94. The average molecular weight is 174 g/mol. The van der Waals surface area contributed by atoms with E-state index < -0.39 is 5.97 Å². The Morgan fingerprint density at radius 1 is 1.55 bits per heavy atom. The molecule has 1 fully saturated rings. The minimum Gasteiger partial charge on any atom is -0.550 e. The maximum atomic E-state index is 8.67. The molecule has 0 bridgehead atoms. The SMILES string of the molecule is CC[S+]1CCCC1.[CH]C(=O)[O-]. The average Bonchev–Trinajstić information content (AvgIpc) is 2.36. The molecule has 1 heterocycles. The molecule has 1 rings (SSSR count). The van der Waals surface area contributed by atoms with Crippen molar-refractivity contribution in [1.29, 1.82) is 0 Å². The Morgan fingerprint density at radius 3 is 2.09 bits per heavy atom. The molecule has 0 N–H and O–H groups in total. The van der Waals surface area contributed by atoms with Gasteiger partial charge in [-0.2, -0.15) is 0 Å². The van der Waals surface area contributed by atoms with Gasteiger partial charge in [0.15, 0.2) is 0 Å². The fourth-order valence-electron chi connectivity index (χ4n) is 1.00. The Bertz CT molecular complexity index is 105. The highest BCUT2D eigenvalue weighted by Crippen LogP contribution is 2.11. The van der Waals surface area contributed by atoms with Crippen molar-refractivity contribution in [2.45, 2.75) is 19.8 Å². The Labute approximate surface area is 71.3 Å². The molecule has 11 heavy (non-hydrogen) atoms. The van der Waals surface area contributed by atoms with Crippen molar-refractivity contribution in [3.63, 3.8) is 0 Å². The van der Waals surface area contributed by atoms with Crippen molar-refractivity contribution in [3.8, 4) is 0 Å². The molecule has 2 nitrogen and oxygen atoms in total. The minimum atomic E-state index is -1.58. The molecular formula is C8H14O2S. The highest BCUT2D eigenvalue weighted by atomic mass is 32.2. The van der Waals surface area contributed by atoms with Crippen LogP contribution in [0.3, 0.4) is 0 Å². The molecule has 0 aliphatic carbocycles. The third-order valence-electron chi connectivity index (χ3n) is 1.52. The van der Waals surface area contributed by atoms with E-state index in [0.29, 0.717) is 0 Å². The van der Waals surface area contributed by atoms with Crippen molar-refractivity contribution in [2.24, 2.45) is 0 Å². The number of carboxylic acids is 1. The summed E-state index contributed by atoms with van der Waals surface area (Å²) in [6.07, 6.45) is 3.02. The molecule has 64 valence electrons. The summed E-state index contributed by atoms with van der Waals surface area (Å²) >= 11 is 0. The smallest absolute Gasteiger partial charge is 0.108 e. The van der Waals surface area contributed by atoms with Crippen molar-refractivity contribution in [1.82, 2.24) is 0 Å². The van der Waals surface area contributed by atoms with E-state index >= 15 is 0 Å². The third-order valence-corrected chi connectivity index (χ3v) is 4.07. The summed E-state index contributed by atoms with van der Waals surface area (Å²) < 4.78 is 0. The molecule has 0 aromatic rings. The van der Waals surface area contributed by atoms with Crippen LogP contribution in [0.1, 0.15) is 19.8 Å². The van der Waals surface area contributed by atoms with E-state index in [0.717, 1.165) is 10.9 Å². The molecule has 0 unspecified atom stereocenters. The van der Waals surface area contributed by atoms with E-state index in [2.05, 4.69) is 13.8 Å². The van der Waals surface area contributed by atoms with Crippen LogP contribution in [-0.4, -0.2) is 23.2 Å². The van der Waals surface area contributed by atoms with E-state index in [4.69, 9.17) is 9.90 Å². The number of carbonyl (C=O) groups is 1. The first-order valence-electron chi connectivity index (χ1n) is 3.77. The second-order valence-corrected chi connectivity index (χ2v) is 4.95. The molecule has 2 radical (unpaired) electrons. The number of hydrogen-bond donors (Lipinski definition) is 0. The van der Waals surface area contributed by atoms with Gasteiger partial charge in [-0.1, -0.05) is 0 Å². The summed E-state index contributed by atoms with van der Waals surface area (Å²) in [6.45, 7) is 6.23. The monoisotopic (exact) mass is 174 g/mol. The highest BCUT2D eigenvalue weighted by Gasteiger charge is 2.20. The second kappa shape index (κ2) is 6.53. The van der Waals surface area contributed by atoms with Gasteiger partial charge in [-0.15, -0.1) is 0 Å². The van der Waals surface area contributed by atoms with Gasteiger partial charge in [0.05, 0.1) is 0 Å². The molecule has 0 saturated carbocycles. The predicted octanol–water partition coefficient (Wildman–Crippen LogP) is -0.134. The maximum absolute atomic E-state index is 8.67. The minimum absolute atomic E-state index is 0.866. The van der Waals surface area contributed by atoms with Gasteiger partial charge in [0, 0.05) is 12.9 Å². The van der Waals surface area contributed by atoms with E-state index in [1.54, 1.807) is 0 Å². The lowest BCUT2D eigenvalue weighted by Gasteiger charge is -1.90. The fourth-order valence-corrected chi connectivity index (χ4v) is 3.01. The van der Waals surface area contributed by atoms with E-state index in [9.17, 15) is 0 Å². The molecule has 3 heteroatoms. The van der Waals surface area contributed by atoms with Crippen LogP contribution in [0.2, 0.25) is 0 Å². The Balaban J connectivity index is 0.000000218. The van der Waals surface area contributed by atoms with Gasteiger partial charge < -0.3 is 9.90 Å². The van der Waals surface area contributed by atoms with Crippen LogP contribution >= 0.6 is 0 Å². The van der Waals surface area contributed by atoms with Crippen molar-refractivity contribution >= 4 is 16.9 Å². The summed E-state index contributed by atoms with van der Waals surface area (Å²) in [7, 11) is 0.866. The Kier molecular flexibility index (Phi) is 6.42. The first kappa shape index (κ1) is 10.8. The topological polar surface area (TPSA) is 40.1 Å². The van der Waals surface area contributed by atoms with Gasteiger partial charge in [0.2, 0.25) is 0 Å². The van der Waals surface area contributed by atoms with E-state index in [-0.39, 0.29) is 0 Å². The molecule has 0 amide bonds. The first-order valence-corrected chi connectivity index (χ1v) is 5.50. The lowest BCUT2D eigenvalue weighted by atomic mass is 10.4. The van der Waals surface area contributed by atoms with Crippen LogP contribution in [0, 0.1) is 6.92 Å². The van der Waals surface area contributed by atoms with Crippen molar-refractivity contribution < 1.29 is 9.90 Å². The highest BCUT2D eigenvalue weighted by molar-refractivity contribution is 7.97. The number of rotatable bonds is 1. The predicted molar refractivity (Wildman–Crippen MR) is 46.2 cm³/mol. The Morgan fingerprint density at radius 2 is 1.91 bits per heavy atom. The number of carbonyl (C=O) groups excluding carboxylic acids is 1. The zero-order chi connectivity index (χ0) is 8.69. The quantitative estimate of drug-likeness (QED) is 0.519.